The van der Waals surface area contributed by atoms with Crippen molar-refractivity contribution >= 4 is 28.3 Å². The second kappa shape index (κ2) is 7.59. The van der Waals surface area contributed by atoms with Crippen LogP contribution in [0.4, 0.5) is 10.1 Å². The van der Waals surface area contributed by atoms with E-state index < -0.39 is 0 Å². The lowest BCUT2D eigenvalue weighted by molar-refractivity contribution is 0.614. The SMILES string of the molecule is Fc1cc(I)ccc1N(Cc1ccccc1)Cc1ccccc1. The molecule has 0 saturated heterocycles. The van der Waals surface area contributed by atoms with Crippen LogP contribution in [0, 0.1) is 9.39 Å². The summed E-state index contributed by atoms with van der Waals surface area (Å²) < 4.78 is 15.4. The lowest BCUT2D eigenvalue weighted by Crippen LogP contribution is -2.23. The quantitative estimate of drug-likeness (QED) is 0.486. The van der Waals surface area contributed by atoms with Gasteiger partial charge < -0.3 is 4.90 Å². The third kappa shape index (κ3) is 4.32. The Morgan fingerprint density at radius 2 is 1.26 bits per heavy atom. The van der Waals surface area contributed by atoms with Gasteiger partial charge in [0.05, 0.1) is 5.69 Å². The average molecular weight is 417 g/mol. The molecule has 0 aliphatic rings. The van der Waals surface area contributed by atoms with E-state index in [4.69, 9.17) is 0 Å². The molecule has 0 radical (unpaired) electrons. The van der Waals surface area contributed by atoms with Gasteiger partial charge in [0, 0.05) is 16.7 Å². The highest BCUT2D eigenvalue weighted by Gasteiger charge is 2.13. The van der Waals surface area contributed by atoms with Gasteiger partial charge >= 0.3 is 0 Å². The van der Waals surface area contributed by atoms with E-state index in [1.165, 1.54) is 11.1 Å². The Bertz CT molecular complexity index is 718. The molecule has 0 saturated carbocycles. The van der Waals surface area contributed by atoms with Crippen LogP contribution in [0.5, 0.6) is 0 Å². The van der Waals surface area contributed by atoms with E-state index in [0.29, 0.717) is 18.8 Å². The molecule has 0 aliphatic heterocycles. The Labute approximate surface area is 149 Å². The highest BCUT2D eigenvalue weighted by Crippen LogP contribution is 2.25. The molecule has 0 heterocycles. The number of benzene rings is 3. The smallest absolute Gasteiger partial charge is 0.147 e. The van der Waals surface area contributed by atoms with Crippen LogP contribution in [0.25, 0.3) is 0 Å². The van der Waals surface area contributed by atoms with Crippen molar-refractivity contribution in [2.45, 2.75) is 13.1 Å². The molecule has 0 unspecified atom stereocenters. The molecule has 0 N–H and O–H groups in total. The first-order chi connectivity index (χ1) is 11.2. The lowest BCUT2D eigenvalue weighted by Gasteiger charge is -2.26. The monoisotopic (exact) mass is 417 g/mol. The second-order valence-corrected chi connectivity index (χ2v) is 6.67. The van der Waals surface area contributed by atoms with E-state index in [1.807, 2.05) is 48.5 Å². The Morgan fingerprint density at radius 3 is 1.74 bits per heavy atom. The molecule has 3 aromatic carbocycles. The molecule has 116 valence electrons. The van der Waals surface area contributed by atoms with Crippen LogP contribution in [0.2, 0.25) is 0 Å². The molecule has 3 aromatic rings. The zero-order valence-electron chi connectivity index (χ0n) is 12.6. The minimum Gasteiger partial charge on any atom is -0.361 e. The maximum absolute atomic E-state index is 14.5. The third-order valence-electron chi connectivity index (χ3n) is 3.68. The van der Waals surface area contributed by atoms with E-state index in [2.05, 4.69) is 51.8 Å². The van der Waals surface area contributed by atoms with Gasteiger partial charge in [-0.1, -0.05) is 60.7 Å². The van der Waals surface area contributed by atoms with Gasteiger partial charge in [0.1, 0.15) is 5.82 Å². The Hall–Kier alpha value is -1.88. The average Bonchev–Trinajstić information content (AvgIpc) is 2.56. The topological polar surface area (TPSA) is 3.24 Å². The Balaban J connectivity index is 1.92. The van der Waals surface area contributed by atoms with Crippen LogP contribution in [-0.4, -0.2) is 0 Å². The Kier molecular flexibility index (Phi) is 5.28. The van der Waals surface area contributed by atoms with Gasteiger partial charge in [0.15, 0.2) is 0 Å². The van der Waals surface area contributed by atoms with Crippen LogP contribution in [0.1, 0.15) is 11.1 Å². The second-order valence-electron chi connectivity index (χ2n) is 5.42. The highest BCUT2D eigenvalue weighted by molar-refractivity contribution is 14.1. The predicted molar refractivity (Wildman–Crippen MR) is 102 cm³/mol. The molecule has 0 aromatic heterocycles. The number of hydrogen-bond acceptors (Lipinski definition) is 1. The predicted octanol–water partition coefficient (Wildman–Crippen LogP) is 5.64. The summed E-state index contributed by atoms with van der Waals surface area (Å²) in [6, 6.07) is 25.7. The first kappa shape index (κ1) is 16.0. The Morgan fingerprint density at radius 1 is 0.739 bits per heavy atom. The van der Waals surface area contributed by atoms with Gasteiger partial charge in [-0.3, -0.25) is 0 Å². The first-order valence-electron chi connectivity index (χ1n) is 7.50. The number of nitrogens with zero attached hydrogens (tertiary/aromatic N) is 1. The molecule has 0 bridgehead atoms. The molecule has 3 rings (SSSR count). The number of anilines is 1. The van der Waals surface area contributed by atoms with Crippen molar-refractivity contribution in [2.24, 2.45) is 0 Å². The molecule has 3 heteroatoms. The molecule has 0 atom stereocenters. The van der Waals surface area contributed by atoms with Crippen molar-refractivity contribution in [3.05, 3.63) is 99.4 Å². The third-order valence-corrected chi connectivity index (χ3v) is 4.35. The van der Waals surface area contributed by atoms with E-state index >= 15 is 0 Å². The van der Waals surface area contributed by atoms with Crippen LogP contribution in [0.15, 0.2) is 78.9 Å². The maximum atomic E-state index is 14.5. The zero-order valence-corrected chi connectivity index (χ0v) is 14.8. The minimum absolute atomic E-state index is 0.177. The number of halogens is 2. The van der Waals surface area contributed by atoms with Crippen LogP contribution in [0.3, 0.4) is 0 Å². The number of rotatable bonds is 5. The van der Waals surface area contributed by atoms with Crippen LogP contribution < -0.4 is 4.90 Å². The zero-order chi connectivity index (χ0) is 16.1. The first-order valence-corrected chi connectivity index (χ1v) is 8.58. The van der Waals surface area contributed by atoms with E-state index in [9.17, 15) is 4.39 Å². The van der Waals surface area contributed by atoms with E-state index in [1.54, 1.807) is 6.07 Å². The van der Waals surface area contributed by atoms with Crippen molar-refractivity contribution in [2.75, 3.05) is 4.90 Å². The lowest BCUT2D eigenvalue weighted by atomic mass is 10.1. The van der Waals surface area contributed by atoms with Gasteiger partial charge in [-0.25, -0.2) is 4.39 Å². The van der Waals surface area contributed by atoms with Crippen LogP contribution in [-0.2, 0) is 13.1 Å². The maximum Gasteiger partial charge on any atom is 0.147 e. The molecular weight excluding hydrogens is 400 g/mol. The molecule has 0 fully saturated rings. The van der Waals surface area contributed by atoms with Crippen LogP contribution >= 0.6 is 22.6 Å². The summed E-state index contributed by atoms with van der Waals surface area (Å²) >= 11 is 2.13. The standard InChI is InChI=1S/C20H17FIN/c21-19-13-18(22)11-12-20(19)23(14-16-7-3-1-4-8-16)15-17-9-5-2-6-10-17/h1-13H,14-15H2. The summed E-state index contributed by atoms with van der Waals surface area (Å²) in [5.74, 6) is -0.177. The summed E-state index contributed by atoms with van der Waals surface area (Å²) in [5, 5.41) is 0. The van der Waals surface area contributed by atoms with Crippen molar-refractivity contribution < 1.29 is 4.39 Å². The molecule has 0 aliphatic carbocycles. The van der Waals surface area contributed by atoms with Gasteiger partial charge in [-0.05, 0) is 51.9 Å². The highest BCUT2D eigenvalue weighted by atomic mass is 127. The van der Waals surface area contributed by atoms with Crippen molar-refractivity contribution in [3.63, 3.8) is 0 Å². The van der Waals surface area contributed by atoms with Crippen molar-refractivity contribution in [3.8, 4) is 0 Å². The largest absolute Gasteiger partial charge is 0.361 e. The van der Waals surface area contributed by atoms with E-state index in [0.717, 1.165) is 3.57 Å². The fourth-order valence-electron chi connectivity index (χ4n) is 2.57. The molecule has 23 heavy (non-hydrogen) atoms. The van der Waals surface area contributed by atoms with Gasteiger partial charge in [-0.15, -0.1) is 0 Å². The summed E-state index contributed by atoms with van der Waals surface area (Å²) in [5.41, 5.74) is 2.97. The van der Waals surface area contributed by atoms with E-state index in [-0.39, 0.29) is 5.82 Å². The van der Waals surface area contributed by atoms with Gasteiger partial charge in [0.25, 0.3) is 0 Å². The summed E-state index contributed by atoms with van der Waals surface area (Å²) in [7, 11) is 0. The summed E-state index contributed by atoms with van der Waals surface area (Å²) in [6.07, 6.45) is 0. The summed E-state index contributed by atoms with van der Waals surface area (Å²) in [6.45, 7) is 1.35. The fraction of sp³-hybridized carbons (Fsp3) is 0.100. The summed E-state index contributed by atoms with van der Waals surface area (Å²) in [4.78, 5) is 2.08. The van der Waals surface area contributed by atoms with Crippen molar-refractivity contribution in [1.82, 2.24) is 0 Å². The fourth-order valence-corrected chi connectivity index (χ4v) is 3.02. The van der Waals surface area contributed by atoms with Crippen molar-refractivity contribution in [1.29, 1.82) is 0 Å². The normalized spacial score (nSPS) is 10.5. The van der Waals surface area contributed by atoms with Gasteiger partial charge in [-0.2, -0.15) is 0 Å². The number of hydrogen-bond donors (Lipinski definition) is 0. The molecule has 1 nitrogen and oxygen atoms in total. The van der Waals surface area contributed by atoms with Gasteiger partial charge in [0.2, 0.25) is 0 Å². The molecule has 0 amide bonds. The minimum atomic E-state index is -0.177. The molecule has 0 spiro atoms. The molecular formula is C20H17FIN.